The van der Waals surface area contributed by atoms with Crippen LogP contribution in [0, 0.1) is 12.3 Å². The Labute approximate surface area is 154 Å². The van der Waals surface area contributed by atoms with Gasteiger partial charge in [-0.3, -0.25) is 4.48 Å². The fourth-order valence-corrected chi connectivity index (χ4v) is 4.35. The third-order valence-electron chi connectivity index (χ3n) is 3.67. The van der Waals surface area contributed by atoms with Crippen molar-refractivity contribution in [3.05, 3.63) is 35.9 Å². The van der Waals surface area contributed by atoms with Gasteiger partial charge in [0.1, 0.15) is 0 Å². The molecule has 0 bridgehead atoms. The summed E-state index contributed by atoms with van der Waals surface area (Å²) >= 11 is 9.22. The highest BCUT2D eigenvalue weighted by atomic mass is 127. The van der Waals surface area contributed by atoms with Crippen LogP contribution >= 0.6 is 34.2 Å². The fraction of sp³-hybridized carbons (Fsp3) is 0.529. The monoisotopic (exact) mass is 439 g/mol. The van der Waals surface area contributed by atoms with Crippen LogP contribution in [0.15, 0.2) is 30.3 Å². The highest BCUT2D eigenvalue weighted by molar-refractivity contribution is 14.1. The number of nitrogens with zero attached hydrogens (tertiary/aromatic N) is 1. The zero-order chi connectivity index (χ0) is 15.0. The van der Waals surface area contributed by atoms with Gasteiger partial charge in [0.25, 0.3) is 0 Å². The predicted octanol–water partition coefficient (Wildman–Crippen LogP) is 1.83. The van der Waals surface area contributed by atoms with Crippen molar-refractivity contribution < 1.29 is 16.9 Å². The molecule has 0 saturated heterocycles. The molecule has 0 aliphatic carbocycles. The van der Waals surface area contributed by atoms with Crippen molar-refractivity contribution >= 4 is 34.2 Å². The first kappa shape index (κ1) is 21.0. The number of alkyl halides is 2. The SMILES string of the molecule is C#CC(I)[N+](CCC)(CCC)C(Cl)Cc1ccccc1.[Cl-]. The molecule has 0 aliphatic heterocycles. The van der Waals surface area contributed by atoms with Crippen molar-refractivity contribution in [1.82, 2.24) is 0 Å². The van der Waals surface area contributed by atoms with Crippen molar-refractivity contribution in [3.8, 4) is 12.3 Å². The Hall–Kier alpha value is 0.0500. The molecule has 2 atom stereocenters. The van der Waals surface area contributed by atoms with Crippen molar-refractivity contribution in [3.63, 3.8) is 0 Å². The third kappa shape index (κ3) is 5.63. The van der Waals surface area contributed by atoms with Crippen LogP contribution in [-0.2, 0) is 6.42 Å². The molecule has 1 nitrogen and oxygen atoms in total. The molecule has 1 aromatic carbocycles. The lowest BCUT2D eigenvalue weighted by Gasteiger charge is -2.44. The fourth-order valence-electron chi connectivity index (χ4n) is 2.73. The minimum absolute atomic E-state index is 0. The highest BCUT2D eigenvalue weighted by Crippen LogP contribution is 2.30. The Balaban J connectivity index is 0.00000400. The maximum absolute atomic E-state index is 6.84. The maximum atomic E-state index is 6.84. The van der Waals surface area contributed by atoms with E-state index in [0.29, 0.717) is 0 Å². The van der Waals surface area contributed by atoms with Crippen LogP contribution in [0.1, 0.15) is 32.3 Å². The first-order valence-corrected chi connectivity index (χ1v) is 8.93. The molecule has 1 rings (SSSR count). The molecule has 0 fully saturated rings. The van der Waals surface area contributed by atoms with Gasteiger partial charge in [0.15, 0.2) is 5.50 Å². The summed E-state index contributed by atoms with van der Waals surface area (Å²) < 4.78 is 0.930. The van der Waals surface area contributed by atoms with Crippen LogP contribution in [0.25, 0.3) is 0 Å². The summed E-state index contributed by atoms with van der Waals surface area (Å²) in [7, 11) is 0. The van der Waals surface area contributed by atoms with E-state index >= 15 is 0 Å². The Morgan fingerprint density at radius 3 is 2.14 bits per heavy atom. The first-order chi connectivity index (χ1) is 9.60. The number of benzene rings is 1. The molecule has 1 aromatic rings. The van der Waals surface area contributed by atoms with Crippen molar-refractivity contribution in [2.45, 2.75) is 42.7 Å². The second-order valence-corrected chi connectivity index (χ2v) is 6.86. The summed E-state index contributed by atoms with van der Waals surface area (Å²) in [6.45, 7) is 6.47. The topological polar surface area (TPSA) is 0 Å². The maximum Gasteiger partial charge on any atom is 0.201 e. The minimum atomic E-state index is 0. The zero-order valence-corrected chi connectivity index (χ0v) is 16.4. The smallest absolute Gasteiger partial charge is 0.201 e. The number of halogens is 3. The summed E-state index contributed by atoms with van der Waals surface area (Å²) in [4.78, 5) is 0. The van der Waals surface area contributed by atoms with Gasteiger partial charge in [0.05, 0.1) is 13.1 Å². The molecular formula is C17H24Cl2IN. The Kier molecular flexibility index (Phi) is 10.7. The standard InChI is InChI=1S/C17H24ClIN.ClH/c1-4-12-20(13-5-2,17(19)6-3)16(18)14-15-10-8-7-9-11-15;/h3,7-11,16-17H,4-5,12-14H2,1-2H3;1H/q+1;/p-1. The molecule has 0 spiro atoms. The van der Waals surface area contributed by atoms with Gasteiger partial charge in [-0.1, -0.05) is 55.8 Å². The summed E-state index contributed by atoms with van der Waals surface area (Å²) in [5.74, 6) is 2.92. The van der Waals surface area contributed by atoms with Crippen LogP contribution in [0.4, 0.5) is 0 Å². The Morgan fingerprint density at radius 1 is 1.19 bits per heavy atom. The van der Waals surface area contributed by atoms with Crippen LogP contribution in [-0.4, -0.2) is 27.1 Å². The summed E-state index contributed by atoms with van der Waals surface area (Å²) in [5.41, 5.74) is 1.30. The molecule has 0 radical (unpaired) electrons. The summed E-state index contributed by atoms with van der Waals surface area (Å²) in [5, 5.41) is 0. The number of rotatable bonds is 8. The number of quaternary nitrogens is 1. The predicted molar refractivity (Wildman–Crippen MR) is 97.0 cm³/mol. The zero-order valence-electron chi connectivity index (χ0n) is 12.7. The van der Waals surface area contributed by atoms with E-state index in [0.717, 1.165) is 36.8 Å². The van der Waals surface area contributed by atoms with E-state index in [2.05, 4.69) is 66.6 Å². The lowest BCUT2D eigenvalue weighted by atomic mass is 10.1. The van der Waals surface area contributed by atoms with E-state index in [-0.39, 0.29) is 22.0 Å². The number of terminal acetylenes is 1. The third-order valence-corrected chi connectivity index (χ3v) is 5.69. The molecule has 118 valence electrons. The lowest BCUT2D eigenvalue weighted by Crippen LogP contribution is -3.00. The van der Waals surface area contributed by atoms with Gasteiger partial charge in [-0.2, -0.15) is 0 Å². The van der Waals surface area contributed by atoms with Gasteiger partial charge in [-0.05, 0) is 24.3 Å². The quantitative estimate of drug-likeness (QED) is 0.190. The molecule has 0 aliphatic rings. The van der Waals surface area contributed by atoms with Crippen molar-refractivity contribution in [2.75, 3.05) is 13.1 Å². The minimum Gasteiger partial charge on any atom is -1.00 e. The van der Waals surface area contributed by atoms with E-state index in [1.54, 1.807) is 0 Å². The number of hydrogen-bond acceptors (Lipinski definition) is 0. The van der Waals surface area contributed by atoms with Crippen molar-refractivity contribution in [2.24, 2.45) is 0 Å². The van der Waals surface area contributed by atoms with E-state index in [9.17, 15) is 0 Å². The largest absolute Gasteiger partial charge is 1.00 e. The van der Waals surface area contributed by atoms with E-state index in [4.69, 9.17) is 18.0 Å². The lowest BCUT2D eigenvalue weighted by molar-refractivity contribution is -0.938. The average Bonchev–Trinajstić information content (AvgIpc) is 2.47. The van der Waals surface area contributed by atoms with Gasteiger partial charge < -0.3 is 12.4 Å². The second-order valence-electron chi connectivity index (χ2n) is 5.18. The Bertz CT molecular complexity index is 424. The van der Waals surface area contributed by atoms with Gasteiger partial charge in [-0.15, -0.1) is 6.42 Å². The van der Waals surface area contributed by atoms with E-state index < -0.39 is 0 Å². The van der Waals surface area contributed by atoms with E-state index in [1.807, 2.05) is 6.07 Å². The molecule has 0 aromatic heterocycles. The van der Waals surface area contributed by atoms with Gasteiger partial charge in [0.2, 0.25) is 4.05 Å². The average molecular weight is 440 g/mol. The van der Waals surface area contributed by atoms with E-state index in [1.165, 1.54) is 5.56 Å². The summed E-state index contributed by atoms with van der Waals surface area (Å²) in [6.07, 6.45) is 8.78. The summed E-state index contributed by atoms with van der Waals surface area (Å²) in [6, 6.07) is 10.4. The van der Waals surface area contributed by atoms with Crippen molar-refractivity contribution in [1.29, 1.82) is 0 Å². The molecule has 2 unspecified atom stereocenters. The van der Waals surface area contributed by atoms with Crippen LogP contribution < -0.4 is 12.4 Å². The molecule has 4 heteroatoms. The van der Waals surface area contributed by atoms with Crippen LogP contribution in [0.2, 0.25) is 0 Å². The van der Waals surface area contributed by atoms with Crippen LogP contribution in [0.5, 0.6) is 0 Å². The van der Waals surface area contributed by atoms with Crippen LogP contribution in [0.3, 0.4) is 0 Å². The van der Waals surface area contributed by atoms with Gasteiger partial charge in [0, 0.05) is 29.0 Å². The first-order valence-electron chi connectivity index (χ1n) is 7.25. The van der Waals surface area contributed by atoms with Gasteiger partial charge in [-0.25, -0.2) is 0 Å². The molecule has 0 N–H and O–H groups in total. The highest BCUT2D eigenvalue weighted by Gasteiger charge is 2.39. The number of hydrogen-bond donors (Lipinski definition) is 0. The molecule has 21 heavy (non-hydrogen) atoms. The second kappa shape index (κ2) is 10.7. The van der Waals surface area contributed by atoms with Gasteiger partial charge >= 0.3 is 0 Å². The molecule has 0 saturated carbocycles. The molecule has 0 heterocycles. The Morgan fingerprint density at radius 2 is 1.71 bits per heavy atom. The molecular weight excluding hydrogens is 416 g/mol. The molecule has 0 amide bonds. The normalized spacial score (nSPS) is 13.9.